The van der Waals surface area contributed by atoms with Gasteiger partial charge in [0.1, 0.15) is 5.75 Å². The zero-order valence-corrected chi connectivity index (χ0v) is 14.6. The minimum atomic E-state index is 0. The molecule has 1 aromatic carbocycles. The van der Waals surface area contributed by atoms with Crippen molar-refractivity contribution in [2.75, 3.05) is 13.7 Å². The Morgan fingerprint density at radius 1 is 1.26 bits per heavy atom. The Morgan fingerprint density at radius 3 is 2.42 bits per heavy atom. The van der Waals surface area contributed by atoms with Gasteiger partial charge in [-0.2, -0.15) is 12.2 Å². The third kappa shape index (κ3) is 3.37. The first-order chi connectivity index (χ1) is 8.67. The van der Waals surface area contributed by atoms with Gasteiger partial charge in [-0.05, 0) is 24.8 Å². The van der Waals surface area contributed by atoms with Crippen LogP contribution in [0.5, 0.6) is 5.75 Å². The van der Waals surface area contributed by atoms with Crippen molar-refractivity contribution in [1.82, 2.24) is 4.90 Å². The standard InChI is InChI=1S/C16H18NO.Y/c1-5-17-13(3)12(2)6-11-16(17)14-7-9-15(18-4)10-8-14;/h6-10H,3,5H2,1-2,4H3;/q-1;. The number of hydrogen-bond donors (Lipinski definition) is 0. The van der Waals surface area contributed by atoms with Gasteiger partial charge in [-0.3, -0.25) is 0 Å². The maximum atomic E-state index is 5.18. The molecule has 0 N–H and O–H groups in total. The molecule has 1 aliphatic rings. The molecule has 0 spiro atoms. The molecule has 1 aliphatic heterocycles. The number of likely N-dealkylation sites (N-methyl/N-ethyl adjacent to an activating group) is 1. The number of methoxy groups -OCH3 is 1. The maximum absolute atomic E-state index is 5.18. The summed E-state index contributed by atoms with van der Waals surface area (Å²) in [6.45, 7) is 9.19. The van der Waals surface area contributed by atoms with Gasteiger partial charge < -0.3 is 9.64 Å². The monoisotopic (exact) mass is 329 g/mol. The van der Waals surface area contributed by atoms with E-state index in [1.165, 1.54) is 0 Å². The van der Waals surface area contributed by atoms with Crippen LogP contribution < -0.4 is 4.74 Å². The molecule has 2 rings (SSSR count). The van der Waals surface area contributed by atoms with Crippen LogP contribution in [-0.2, 0) is 32.7 Å². The van der Waals surface area contributed by atoms with Crippen molar-refractivity contribution in [2.24, 2.45) is 0 Å². The van der Waals surface area contributed by atoms with E-state index < -0.39 is 0 Å². The molecule has 1 aromatic rings. The molecule has 0 saturated heterocycles. The van der Waals surface area contributed by atoms with Crippen molar-refractivity contribution >= 4 is 5.70 Å². The number of hydrogen-bond acceptors (Lipinski definition) is 2. The third-order valence-corrected chi connectivity index (χ3v) is 3.16. The van der Waals surface area contributed by atoms with E-state index in [-0.39, 0.29) is 32.7 Å². The Kier molecular flexibility index (Phi) is 6.03. The molecular weight excluding hydrogens is 311 g/mol. The number of benzene rings is 1. The molecule has 3 heteroatoms. The second kappa shape index (κ2) is 7.07. The molecule has 0 bridgehead atoms. The van der Waals surface area contributed by atoms with Crippen LogP contribution in [0.25, 0.3) is 5.70 Å². The molecule has 0 amide bonds. The Bertz CT molecular complexity index is 514. The molecule has 0 atom stereocenters. The summed E-state index contributed by atoms with van der Waals surface area (Å²) in [6, 6.07) is 8.02. The Morgan fingerprint density at radius 2 is 1.89 bits per heavy atom. The van der Waals surface area contributed by atoms with Crippen molar-refractivity contribution in [1.29, 1.82) is 0 Å². The summed E-state index contributed by atoms with van der Waals surface area (Å²) in [4.78, 5) is 2.18. The van der Waals surface area contributed by atoms with E-state index >= 15 is 0 Å². The largest absolute Gasteiger partial charge is 0.497 e. The summed E-state index contributed by atoms with van der Waals surface area (Å²) in [5.74, 6) is 0.865. The first kappa shape index (κ1) is 16.2. The van der Waals surface area contributed by atoms with E-state index in [0.29, 0.717) is 0 Å². The second-order valence-electron chi connectivity index (χ2n) is 4.24. The Hall–Kier alpha value is -0.856. The molecule has 0 unspecified atom stereocenters. The van der Waals surface area contributed by atoms with E-state index in [1.54, 1.807) is 7.11 Å². The van der Waals surface area contributed by atoms with E-state index in [4.69, 9.17) is 4.74 Å². The molecule has 0 saturated carbocycles. The quantitative estimate of drug-likeness (QED) is 0.785. The van der Waals surface area contributed by atoms with Gasteiger partial charge in [-0.25, -0.2) is 0 Å². The maximum Gasteiger partial charge on any atom is 0.116 e. The normalized spacial score (nSPS) is 14.5. The predicted molar refractivity (Wildman–Crippen MR) is 74.9 cm³/mol. The van der Waals surface area contributed by atoms with Gasteiger partial charge >= 0.3 is 0 Å². The van der Waals surface area contributed by atoms with E-state index in [9.17, 15) is 0 Å². The van der Waals surface area contributed by atoms with Crippen LogP contribution >= 0.6 is 0 Å². The first-order valence-electron chi connectivity index (χ1n) is 6.09. The van der Waals surface area contributed by atoms with Crippen LogP contribution in [0.1, 0.15) is 19.4 Å². The van der Waals surface area contributed by atoms with Crippen LogP contribution in [0.3, 0.4) is 0 Å². The van der Waals surface area contributed by atoms with Gasteiger partial charge in [-0.1, -0.05) is 24.8 Å². The van der Waals surface area contributed by atoms with Crippen molar-refractivity contribution < 1.29 is 37.4 Å². The zero-order valence-electron chi connectivity index (χ0n) is 11.7. The summed E-state index contributed by atoms with van der Waals surface area (Å²) in [5, 5.41) is 0. The third-order valence-electron chi connectivity index (χ3n) is 3.16. The molecular formula is C16H18NOY-. The second-order valence-corrected chi connectivity index (χ2v) is 4.24. The molecule has 1 radical (unpaired) electrons. The zero-order chi connectivity index (χ0) is 13.1. The van der Waals surface area contributed by atoms with Gasteiger partial charge in [0.15, 0.2) is 0 Å². The summed E-state index contributed by atoms with van der Waals surface area (Å²) in [5.41, 5.74) is 4.40. The van der Waals surface area contributed by atoms with E-state index in [1.807, 2.05) is 30.3 Å². The average molecular weight is 329 g/mol. The van der Waals surface area contributed by atoms with Crippen LogP contribution in [-0.4, -0.2) is 18.6 Å². The molecule has 0 aromatic heterocycles. The first-order valence-corrected chi connectivity index (χ1v) is 6.09. The van der Waals surface area contributed by atoms with Gasteiger partial charge in [0.2, 0.25) is 0 Å². The predicted octanol–water partition coefficient (Wildman–Crippen LogP) is 3.63. The van der Waals surface area contributed by atoms with E-state index in [2.05, 4.69) is 31.4 Å². The van der Waals surface area contributed by atoms with Crippen LogP contribution in [0.15, 0.2) is 48.2 Å². The number of nitrogens with zero attached hydrogens (tertiary/aromatic N) is 1. The van der Waals surface area contributed by atoms with Crippen molar-refractivity contribution in [3.8, 4) is 5.75 Å². The van der Waals surface area contributed by atoms with Crippen molar-refractivity contribution in [2.45, 2.75) is 13.8 Å². The molecule has 1 heterocycles. The summed E-state index contributed by atoms with van der Waals surface area (Å²) in [7, 11) is 1.67. The number of allylic oxidation sites excluding steroid dienone is 3. The SMILES string of the molecule is C=C1C(C)=C[C-]=C(c2ccc(OC)cc2)N1CC.[Y]. The topological polar surface area (TPSA) is 12.5 Å². The van der Waals surface area contributed by atoms with Crippen LogP contribution in [0.4, 0.5) is 0 Å². The van der Waals surface area contributed by atoms with Crippen molar-refractivity contribution in [3.05, 3.63) is 59.8 Å². The summed E-state index contributed by atoms with van der Waals surface area (Å²) < 4.78 is 5.18. The van der Waals surface area contributed by atoms with Crippen LogP contribution in [0.2, 0.25) is 0 Å². The minimum absolute atomic E-state index is 0. The fourth-order valence-electron chi connectivity index (χ4n) is 2.02. The smallest absolute Gasteiger partial charge is 0.116 e. The molecule has 0 aliphatic carbocycles. The van der Waals surface area contributed by atoms with Crippen LogP contribution in [0, 0.1) is 6.08 Å². The van der Waals surface area contributed by atoms with Gasteiger partial charge in [0.05, 0.1) is 7.11 Å². The minimum Gasteiger partial charge on any atom is -0.497 e. The van der Waals surface area contributed by atoms with Gasteiger partial charge in [0, 0.05) is 39.3 Å². The fraction of sp³-hybridized carbons (Fsp3) is 0.250. The Labute approximate surface area is 140 Å². The average Bonchev–Trinajstić information content (AvgIpc) is 2.42. The molecule has 97 valence electrons. The Balaban J connectivity index is 0.00000180. The molecule has 0 fully saturated rings. The van der Waals surface area contributed by atoms with Gasteiger partial charge in [0.25, 0.3) is 0 Å². The summed E-state index contributed by atoms with van der Waals surface area (Å²) >= 11 is 0. The van der Waals surface area contributed by atoms with E-state index in [0.717, 1.165) is 34.8 Å². The number of rotatable bonds is 3. The number of ether oxygens (including phenoxy) is 1. The molecule has 2 nitrogen and oxygen atoms in total. The fourth-order valence-corrected chi connectivity index (χ4v) is 2.02. The van der Waals surface area contributed by atoms with Gasteiger partial charge in [-0.15, -0.1) is 17.7 Å². The van der Waals surface area contributed by atoms with Crippen molar-refractivity contribution in [3.63, 3.8) is 0 Å². The summed E-state index contributed by atoms with van der Waals surface area (Å²) in [6.07, 6.45) is 5.33. The molecule has 19 heavy (non-hydrogen) atoms.